The van der Waals surface area contributed by atoms with E-state index in [1.807, 2.05) is 6.07 Å². The zero-order chi connectivity index (χ0) is 33.0. The van der Waals surface area contributed by atoms with E-state index in [0.717, 1.165) is 5.56 Å². The topological polar surface area (TPSA) is 169 Å². The highest BCUT2D eigenvalue weighted by molar-refractivity contribution is 5.89. The van der Waals surface area contributed by atoms with Crippen molar-refractivity contribution < 1.29 is 43.3 Å². The third-order valence-corrected chi connectivity index (χ3v) is 6.34. The molecule has 2 aromatic rings. The van der Waals surface area contributed by atoms with E-state index in [2.05, 4.69) is 29.1 Å². The molecule has 0 unspecified atom stereocenters. The number of hydrogen-bond donors (Lipinski definition) is 4. The molecule has 12 nitrogen and oxygen atoms in total. The van der Waals surface area contributed by atoms with Crippen molar-refractivity contribution in [3.05, 3.63) is 97.1 Å². The van der Waals surface area contributed by atoms with E-state index in [1.54, 1.807) is 61.5 Å². The Hall–Kier alpha value is -4.97. The first-order valence-electron chi connectivity index (χ1n) is 14.4. The number of rotatable bonds is 19. The molecule has 2 aromatic carbocycles. The van der Waals surface area contributed by atoms with Crippen LogP contribution in [0.2, 0.25) is 0 Å². The van der Waals surface area contributed by atoms with Gasteiger partial charge in [0.1, 0.15) is 25.9 Å². The second-order valence-electron chi connectivity index (χ2n) is 10.1. The summed E-state index contributed by atoms with van der Waals surface area (Å²) < 4.78 is 15.9. The van der Waals surface area contributed by atoms with E-state index < -0.39 is 60.5 Å². The molecule has 0 bridgehead atoms. The van der Waals surface area contributed by atoms with Crippen LogP contribution < -0.4 is 16.0 Å². The maximum Gasteiger partial charge on any atom is 0.408 e. The lowest BCUT2D eigenvalue weighted by atomic mass is 9.99. The van der Waals surface area contributed by atoms with E-state index in [9.17, 15) is 29.1 Å². The lowest BCUT2D eigenvalue weighted by Crippen LogP contribution is -2.49. The molecule has 0 radical (unpaired) electrons. The number of benzene rings is 2. The van der Waals surface area contributed by atoms with Gasteiger partial charge in [0.2, 0.25) is 11.8 Å². The minimum Gasteiger partial charge on any atom is -0.461 e. The van der Waals surface area contributed by atoms with E-state index in [-0.39, 0.29) is 39.1 Å². The van der Waals surface area contributed by atoms with E-state index in [4.69, 9.17) is 14.2 Å². The molecular formula is C33H41N3O9. The molecule has 0 spiro atoms. The Labute approximate surface area is 262 Å². The zero-order valence-corrected chi connectivity index (χ0v) is 25.3. The van der Waals surface area contributed by atoms with Crippen LogP contribution in [0.4, 0.5) is 4.79 Å². The summed E-state index contributed by atoms with van der Waals surface area (Å²) in [5, 5.41) is 16.7. The fourth-order valence-corrected chi connectivity index (χ4v) is 3.93. The molecular weight excluding hydrogens is 582 g/mol. The Bertz CT molecular complexity index is 1270. The third kappa shape index (κ3) is 13.9. The maximum atomic E-state index is 13.2. The van der Waals surface area contributed by atoms with Crippen LogP contribution in [0.1, 0.15) is 37.3 Å². The molecule has 4 atom stereocenters. The molecule has 0 heterocycles. The standard InChI is InChI=1S/C33H41N3O9/c1-4-12-26(18-29(38)34-23(3)19-37)30(39)35-28(32(41)43-20-24-14-8-6-9-15-24)22-44-31(40)27(13-5-2)36-33(42)45-21-25-16-10-7-11-17-25/h4-11,14-17,23,26-28,37H,1-2,12-13,18-22H2,3H3,(H,34,38)(H,35,39)(H,36,42)/t23-,26-,27-,28-/m1/s1. The minimum atomic E-state index is -1.44. The molecule has 45 heavy (non-hydrogen) atoms. The Balaban J connectivity index is 2.10. The number of ether oxygens (including phenoxy) is 3. The van der Waals surface area contributed by atoms with Crippen molar-refractivity contribution in [2.45, 2.75) is 57.5 Å². The number of allylic oxidation sites excluding steroid dienone is 1. The summed E-state index contributed by atoms with van der Waals surface area (Å²) in [5.41, 5.74) is 1.44. The van der Waals surface area contributed by atoms with Gasteiger partial charge in [-0.05, 0) is 30.9 Å². The van der Waals surface area contributed by atoms with Crippen molar-refractivity contribution in [3.63, 3.8) is 0 Å². The summed E-state index contributed by atoms with van der Waals surface area (Å²) >= 11 is 0. The second-order valence-corrected chi connectivity index (χ2v) is 10.1. The molecule has 0 aliphatic rings. The third-order valence-electron chi connectivity index (χ3n) is 6.34. The van der Waals surface area contributed by atoms with Crippen molar-refractivity contribution in [2.75, 3.05) is 13.2 Å². The fourth-order valence-electron chi connectivity index (χ4n) is 3.93. The number of carbonyl (C=O) groups excluding carboxylic acids is 5. The molecule has 3 amide bonds. The van der Waals surface area contributed by atoms with Gasteiger partial charge in [-0.1, -0.05) is 72.8 Å². The molecule has 0 fully saturated rings. The molecule has 4 N–H and O–H groups in total. The second kappa shape index (κ2) is 20.1. The molecule has 0 aliphatic heterocycles. The largest absolute Gasteiger partial charge is 0.461 e. The van der Waals surface area contributed by atoms with Gasteiger partial charge in [0.25, 0.3) is 0 Å². The smallest absolute Gasteiger partial charge is 0.408 e. The van der Waals surface area contributed by atoms with Crippen LogP contribution in [0.25, 0.3) is 0 Å². The van der Waals surface area contributed by atoms with Gasteiger partial charge in [0, 0.05) is 12.5 Å². The van der Waals surface area contributed by atoms with Crippen LogP contribution in [-0.2, 0) is 46.6 Å². The zero-order valence-electron chi connectivity index (χ0n) is 25.3. The van der Waals surface area contributed by atoms with Crippen molar-refractivity contribution in [2.24, 2.45) is 5.92 Å². The minimum absolute atomic E-state index is 0.00245. The van der Waals surface area contributed by atoms with Crippen LogP contribution in [0.5, 0.6) is 0 Å². The number of carbonyl (C=O) groups is 5. The molecule has 242 valence electrons. The lowest BCUT2D eigenvalue weighted by molar-refractivity contribution is -0.156. The van der Waals surface area contributed by atoms with Crippen LogP contribution in [0.3, 0.4) is 0 Å². The van der Waals surface area contributed by atoms with Gasteiger partial charge in [-0.3, -0.25) is 9.59 Å². The van der Waals surface area contributed by atoms with Crippen LogP contribution >= 0.6 is 0 Å². The van der Waals surface area contributed by atoms with E-state index in [0.29, 0.717) is 5.56 Å². The fraction of sp³-hybridized carbons (Fsp3) is 0.364. The van der Waals surface area contributed by atoms with Gasteiger partial charge in [-0.25, -0.2) is 14.4 Å². The highest BCUT2D eigenvalue weighted by Crippen LogP contribution is 2.12. The lowest BCUT2D eigenvalue weighted by Gasteiger charge is -2.23. The van der Waals surface area contributed by atoms with Crippen molar-refractivity contribution in [1.29, 1.82) is 0 Å². The van der Waals surface area contributed by atoms with Gasteiger partial charge >= 0.3 is 18.0 Å². The van der Waals surface area contributed by atoms with E-state index >= 15 is 0 Å². The Kier molecular flexibility index (Phi) is 16.2. The average molecular weight is 624 g/mol. The summed E-state index contributed by atoms with van der Waals surface area (Å²) in [6.45, 7) is 7.80. The molecule has 0 saturated heterocycles. The van der Waals surface area contributed by atoms with Crippen molar-refractivity contribution >= 4 is 29.8 Å². The van der Waals surface area contributed by atoms with Crippen LogP contribution in [0.15, 0.2) is 86.0 Å². The first-order valence-corrected chi connectivity index (χ1v) is 14.4. The van der Waals surface area contributed by atoms with Gasteiger partial charge in [-0.15, -0.1) is 13.2 Å². The van der Waals surface area contributed by atoms with Crippen molar-refractivity contribution in [3.8, 4) is 0 Å². The predicted molar refractivity (Wildman–Crippen MR) is 165 cm³/mol. The van der Waals surface area contributed by atoms with Crippen molar-refractivity contribution in [1.82, 2.24) is 16.0 Å². The van der Waals surface area contributed by atoms with E-state index in [1.165, 1.54) is 12.2 Å². The molecule has 0 saturated carbocycles. The molecule has 12 heteroatoms. The first-order chi connectivity index (χ1) is 21.7. The summed E-state index contributed by atoms with van der Waals surface area (Å²) in [6.07, 6.45) is 1.85. The normalized spacial score (nSPS) is 13.1. The van der Waals surface area contributed by atoms with Gasteiger partial charge < -0.3 is 35.3 Å². The molecule has 0 aliphatic carbocycles. The molecule has 2 rings (SSSR count). The Morgan fingerprint density at radius 2 is 1.31 bits per heavy atom. The number of esters is 2. The summed E-state index contributed by atoms with van der Waals surface area (Å²) in [5.74, 6) is -3.86. The van der Waals surface area contributed by atoms with Gasteiger partial charge in [0.15, 0.2) is 6.04 Å². The average Bonchev–Trinajstić information content (AvgIpc) is 3.04. The highest BCUT2D eigenvalue weighted by atomic mass is 16.6. The number of hydrogen-bond acceptors (Lipinski definition) is 9. The maximum absolute atomic E-state index is 13.2. The Morgan fingerprint density at radius 3 is 1.87 bits per heavy atom. The van der Waals surface area contributed by atoms with Crippen LogP contribution in [0, 0.1) is 5.92 Å². The number of aliphatic hydroxyl groups is 1. The van der Waals surface area contributed by atoms with Gasteiger partial charge in [0.05, 0.1) is 12.5 Å². The summed E-state index contributed by atoms with van der Waals surface area (Å²) in [4.78, 5) is 64.0. The number of amides is 3. The Morgan fingerprint density at radius 1 is 0.756 bits per heavy atom. The number of aliphatic hydroxyl groups excluding tert-OH is 1. The SMILES string of the molecule is C=CC[C@H](CC(=O)N[C@H](C)CO)C(=O)N[C@H](COC(=O)[C@@H](CC=C)NC(=O)OCc1ccccc1)C(=O)OCc1ccccc1. The monoisotopic (exact) mass is 623 g/mol. The summed E-state index contributed by atoms with van der Waals surface area (Å²) in [7, 11) is 0. The first kappa shape index (κ1) is 36.2. The summed E-state index contributed by atoms with van der Waals surface area (Å²) in [6, 6.07) is 14.6. The number of alkyl carbamates (subject to hydrolysis) is 1. The molecule has 0 aromatic heterocycles. The quantitative estimate of drug-likeness (QED) is 0.104. The van der Waals surface area contributed by atoms with Crippen LogP contribution in [-0.4, -0.2) is 66.3 Å². The van der Waals surface area contributed by atoms with Gasteiger partial charge in [-0.2, -0.15) is 0 Å². The highest BCUT2D eigenvalue weighted by Gasteiger charge is 2.30. The predicted octanol–water partition coefficient (Wildman–Crippen LogP) is 2.71. The number of nitrogens with one attached hydrogen (secondary N) is 3.